The molecule has 0 spiro atoms. The first-order valence-electron chi connectivity index (χ1n) is 8.04. The maximum atomic E-state index is 12.8. The molecule has 5 heteroatoms. The number of amides is 2. The highest BCUT2D eigenvalue weighted by molar-refractivity contribution is 5.99. The molecule has 1 saturated heterocycles. The third kappa shape index (κ3) is 3.57. The van der Waals surface area contributed by atoms with Crippen molar-refractivity contribution >= 4 is 11.8 Å². The van der Waals surface area contributed by atoms with Crippen LogP contribution in [-0.4, -0.2) is 47.6 Å². The summed E-state index contributed by atoms with van der Waals surface area (Å²) in [5.41, 5.74) is -0.733. The van der Waals surface area contributed by atoms with Gasteiger partial charge in [0.15, 0.2) is 0 Å². The Balaban J connectivity index is 3.00. The molecule has 1 atom stereocenters. The molecule has 21 heavy (non-hydrogen) atoms. The van der Waals surface area contributed by atoms with E-state index in [-0.39, 0.29) is 23.8 Å². The van der Waals surface area contributed by atoms with Crippen molar-refractivity contribution in [3.05, 3.63) is 0 Å². The van der Waals surface area contributed by atoms with Crippen LogP contribution in [0.3, 0.4) is 0 Å². The average molecular weight is 298 g/mol. The van der Waals surface area contributed by atoms with Gasteiger partial charge in [-0.15, -0.1) is 0 Å². The van der Waals surface area contributed by atoms with E-state index in [4.69, 9.17) is 4.74 Å². The van der Waals surface area contributed by atoms with Gasteiger partial charge in [0.2, 0.25) is 11.8 Å². The maximum absolute atomic E-state index is 12.8. The Labute approximate surface area is 128 Å². The number of rotatable bonds is 7. The van der Waals surface area contributed by atoms with Gasteiger partial charge in [-0.1, -0.05) is 27.7 Å². The molecule has 0 aromatic rings. The van der Waals surface area contributed by atoms with E-state index < -0.39 is 11.6 Å². The normalized spacial score (nSPS) is 22.1. The van der Waals surface area contributed by atoms with Crippen LogP contribution in [0.25, 0.3) is 0 Å². The van der Waals surface area contributed by atoms with Crippen molar-refractivity contribution in [1.82, 2.24) is 10.2 Å². The average Bonchev–Trinajstić information content (AvgIpc) is 2.42. The minimum absolute atomic E-state index is 0.0145. The molecule has 1 heterocycles. The molecule has 1 aliphatic rings. The molecule has 2 amide bonds. The molecule has 0 aromatic heterocycles. The number of ether oxygens (including phenoxy) is 1. The van der Waals surface area contributed by atoms with Crippen LogP contribution < -0.4 is 5.32 Å². The van der Waals surface area contributed by atoms with Crippen LogP contribution >= 0.6 is 0 Å². The zero-order valence-electron chi connectivity index (χ0n) is 14.2. The molecule has 0 radical (unpaired) electrons. The highest BCUT2D eigenvalue weighted by atomic mass is 16.5. The molecule has 0 bridgehead atoms. The van der Waals surface area contributed by atoms with E-state index in [0.29, 0.717) is 26.0 Å². The number of carbonyl (C=O) groups is 2. The van der Waals surface area contributed by atoms with E-state index in [1.165, 1.54) is 0 Å². The third-order valence-electron chi connectivity index (χ3n) is 4.36. The lowest BCUT2D eigenvalue weighted by atomic mass is 9.84. The summed E-state index contributed by atoms with van der Waals surface area (Å²) in [6, 6.07) is -0.428. The van der Waals surface area contributed by atoms with E-state index in [2.05, 4.69) is 5.32 Å². The van der Waals surface area contributed by atoms with Crippen molar-refractivity contribution in [1.29, 1.82) is 0 Å². The molecule has 1 N–H and O–H groups in total. The second-order valence-corrected chi connectivity index (χ2v) is 6.34. The quantitative estimate of drug-likeness (QED) is 0.781. The predicted octanol–water partition coefficient (Wildman–Crippen LogP) is 1.95. The van der Waals surface area contributed by atoms with Crippen LogP contribution in [0.5, 0.6) is 0 Å². The van der Waals surface area contributed by atoms with Crippen LogP contribution in [-0.2, 0) is 14.3 Å². The third-order valence-corrected chi connectivity index (χ3v) is 4.36. The van der Waals surface area contributed by atoms with Crippen LogP contribution in [0.4, 0.5) is 0 Å². The Kier molecular flexibility index (Phi) is 6.20. The van der Waals surface area contributed by atoms with E-state index >= 15 is 0 Å². The van der Waals surface area contributed by atoms with Gasteiger partial charge in [-0.25, -0.2) is 0 Å². The predicted molar refractivity (Wildman–Crippen MR) is 82.9 cm³/mol. The van der Waals surface area contributed by atoms with Gasteiger partial charge >= 0.3 is 0 Å². The fraction of sp³-hybridized carbons (Fsp3) is 0.875. The molecule has 1 fully saturated rings. The zero-order chi connectivity index (χ0) is 16.2. The van der Waals surface area contributed by atoms with Gasteiger partial charge in [0, 0.05) is 6.54 Å². The van der Waals surface area contributed by atoms with Crippen molar-refractivity contribution in [2.24, 2.45) is 5.92 Å². The number of piperazine rings is 1. The van der Waals surface area contributed by atoms with Crippen molar-refractivity contribution in [2.45, 2.75) is 72.1 Å². The SMILES string of the molecule is CCC1(CC)C(=O)NC(C(C)C)C(=O)N1CCOC(C)C. The number of nitrogens with one attached hydrogen (secondary N) is 1. The molecule has 1 rings (SSSR count). The Bertz CT molecular complexity index is 376. The minimum Gasteiger partial charge on any atom is -0.377 e. The smallest absolute Gasteiger partial charge is 0.246 e. The van der Waals surface area contributed by atoms with Crippen molar-refractivity contribution in [3.8, 4) is 0 Å². The highest BCUT2D eigenvalue weighted by Crippen LogP contribution is 2.30. The van der Waals surface area contributed by atoms with E-state index in [1.807, 2.05) is 41.5 Å². The fourth-order valence-electron chi connectivity index (χ4n) is 2.95. The summed E-state index contributed by atoms with van der Waals surface area (Å²) in [4.78, 5) is 27.1. The fourth-order valence-corrected chi connectivity index (χ4v) is 2.95. The largest absolute Gasteiger partial charge is 0.377 e. The van der Waals surface area contributed by atoms with Crippen LogP contribution in [0, 0.1) is 5.92 Å². The molecule has 1 unspecified atom stereocenters. The van der Waals surface area contributed by atoms with Crippen molar-refractivity contribution < 1.29 is 14.3 Å². The Morgan fingerprint density at radius 1 is 1.19 bits per heavy atom. The maximum Gasteiger partial charge on any atom is 0.246 e. The highest BCUT2D eigenvalue weighted by Gasteiger charge is 2.50. The molecule has 0 saturated carbocycles. The second-order valence-electron chi connectivity index (χ2n) is 6.34. The van der Waals surface area contributed by atoms with E-state index in [1.54, 1.807) is 4.90 Å². The topological polar surface area (TPSA) is 58.6 Å². The Morgan fingerprint density at radius 2 is 1.76 bits per heavy atom. The summed E-state index contributed by atoms with van der Waals surface area (Å²) in [5, 5.41) is 2.92. The second kappa shape index (κ2) is 7.25. The summed E-state index contributed by atoms with van der Waals surface area (Å²) < 4.78 is 5.58. The lowest BCUT2D eigenvalue weighted by Crippen LogP contribution is -2.71. The summed E-state index contributed by atoms with van der Waals surface area (Å²) >= 11 is 0. The first-order chi connectivity index (χ1) is 9.80. The van der Waals surface area contributed by atoms with Crippen molar-refractivity contribution in [3.63, 3.8) is 0 Å². The molecular formula is C16H30N2O3. The number of hydrogen-bond donors (Lipinski definition) is 1. The monoisotopic (exact) mass is 298 g/mol. The van der Waals surface area contributed by atoms with Crippen molar-refractivity contribution in [2.75, 3.05) is 13.2 Å². The Hall–Kier alpha value is -1.10. The number of hydrogen-bond acceptors (Lipinski definition) is 3. The van der Waals surface area contributed by atoms with Crippen LogP contribution in [0.1, 0.15) is 54.4 Å². The zero-order valence-corrected chi connectivity index (χ0v) is 14.2. The van der Waals surface area contributed by atoms with Gasteiger partial charge < -0.3 is 15.0 Å². The molecule has 0 aliphatic carbocycles. The molecular weight excluding hydrogens is 268 g/mol. The number of nitrogens with zero attached hydrogens (tertiary/aromatic N) is 1. The summed E-state index contributed by atoms with van der Waals surface area (Å²) in [6.45, 7) is 12.7. The van der Waals surface area contributed by atoms with Crippen LogP contribution in [0.15, 0.2) is 0 Å². The van der Waals surface area contributed by atoms with Gasteiger partial charge in [0.25, 0.3) is 0 Å². The molecule has 1 aliphatic heterocycles. The minimum atomic E-state index is -0.733. The molecule has 0 aromatic carbocycles. The van der Waals surface area contributed by atoms with Gasteiger partial charge in [-0.05, 0) is 32.6 Å². The van der Waals surface area contributed by atoms with Gasteiger partial charge in [-0.2, -0.15) is 0 Å². The first kappa shape index (κ1) is 18.0. The van der Waals surface area contributed by atoms with Gasteiger partial charge in [0.1, 0.15) is 11.6 Å². The van der Waals surface area contributed by atoms with E-state index in [0.717, 1.165) is 0 Å². The van der Waals surface area contributed by atoms with Crippen LogP contribution in [0.2, 0.25) is 0 Å². The van der Waals surface area contributed by atoms with E-state index in [9.17, 15) is 9.59 Å². The number of carbonyl (C=O) groups excluding carboxylic acids is 2. The lowest BCUT2D eigenvalue weighted by molar-refractivity contribution is -0.161. The molecule has 5 nitrogen and oxygen atoms in total. The summed E-state index contributed by atoms with van der Waals surface area (Å²) in [7, 11) is 0. The summed E-state index contributed by atoms with van der Waals surface area (Å²) in [6.07, 6.45) is 1.36. The molecule has 122 valence electrons. The lowest BCUT2D eigenvalue weighted by Gasteiger charge is -2.48. The Morgan fingerprint density at radius 3 is 2.19 bits per heavy atom. The summed E-state index contributed by atoms with van der Waals surface area (Å²) in [5.74, 6) is 0.0673. The van der Waals surface area contributed by atoms with Gasteiger partial charge in [-0.3, -0.25) is 9.59 Å². The standard InChI is InChI=1S/C16H30N2O3/c1-7-16(8-2)15(20)17-13(11(3)4)14(19)18(16)9-10-21-12(5)6/h11-13H,7-10H2,1-6H3,(H,17,20). The van der Waals surface area contributed by atoms with Gasteiger partial charge in [0.05, 0.1) is 12.7 Å². The first-order valence-corrected chi connectivity index (χ1v) is 8.04.